The van der Waals surface area contributed by atoms with E-state index in [4.69, 9.17) is 14.2 Å². The minimum Gasteiger partial charge on any atom is -0.493 e. The van der Waals surface area contributed by atoms with E-state index < -0.39 is 0 Å². The zero-order valence-electron chi connectivity index (χ0n) is 14.6. The molecule has 132 valence electrons. The van der Waals surface area contributed by atoms with Crippen molar-refractivity contribution in [1.82, 2.24) is 0 Å². The number of aryl methyl sites for hydroxylation is 1. The van der Waals surface area contributed by atoms with Gasteiger partial charge in [-0.3, -0.25) is 9.79 Å². The van der Waals surface area contributed by atoms with E-state index in [2.05, 4.69) is 23.3 Å². The van der Waals surface area contributed by atoms with Crippen LogP contribution in [0.25, 0.3) is 0 Å². The maximum Gasteiger partial charge on any atom is 0.246 e. The average molecular weight is 360 g/mol. The molecule has 0 aliphatic carbocycles. The maximum atomic E-state index is 12.0. The van der Waals surface area contributed by atoms with Gasteiger partial charge < -0.3 is 19.5 Å². The molecule has 0 fully saturated rings. The highest BCUT2D eigenvalue weighted by molar-refractivity contribution is 7.16. The van der Waals surface area contributed by atoms with Crippen molar-refractivity contribution in [3.05, 3.63) is 34.2 Å². The number of nitrogens with zero attached hydrogens (tertiary/aromatic N) is 1. The topological polar surface area (TPSA) is 69.2 Å². The number of hydrogen-bond acceptors (Lipinski definition) is 6. The lowest BCUT2D eigenvalue weighted by Crippen LogP contribution is -2.12. The van der Waals surface area contributed by atoms with Crippen LogP contribution in [0, 0.1) is 0 Å². The third-order valence-electron chi connectivity index (χ3n) is 3.96. The van der Waals surface area contributed by atoms with Crippen LogP contribution in [0.4, 0.5) is 5.00 Å². The second-order valence-corrected chi connectivity index (χ2v) is 6.57. The van der Waals surface area contributed by atoms with Crippen molar-refractivity contribution in [3.8, 4) is 17.2 Å². The van der Waals surface area contributed by atoms with Crippen LogP contribution >= 0.6 is 11.3 Å². The van der Waals surface area contributed by atoms with Crippen LogP contribution in [-0.4, -0.2) is 39.5 Å². The number of benzene rings is 1. The molecule has 1 aliphatic rings. The Labute approximate surface area is 150 Å². The molecule has 1 aromatic heterocycles. The van der Waals surface area contributed by atoms with E-state index >= 15 is 0 Å². The Morgan fingerprint density at radius 1 is 1.12 bits per heavy atom. The Hall–Kier alpha value is -2.54. The third kappa shape index (κ3) is 3.19. The van der Waals surface area contributed by atoms with Gasteiger partial charge in [-0.05, 0) is 24.6 Å². The van der Waals surface area contributed by atoms with Gasteiger partial charge in [0.05, 0.1) is 27.0 Å². The van der Waals surface area contributed by atoms with Crippen LogP contribution in [0.2, 0.25) is 0 Å². The third-order valence-corrected chi connectivity index (χ3v) is 5.15. The van der Waals surface area contributed by atoms with E-state index in [-0.39, 0.29) is 12.5 Å². The Bertz CT molecular complexity index is 817. The second-order valence-electron chi connectivity index (χ2n) is 5.44. The molecule has 0 bridgehead atoms. The van der Waals surface area contributed by atoms with Crippen LogP contribution in [0.15, 0.2) is 23.2 Å². The second kappa shape index (κ2) is 7.14. The van der Waals surface area contributed by atoms with Gasteiger partial charge in [-0.2, -0.15) is 0 Å². The van der Waals surface area contributed by atoms with E-state index in [1.165, 1.54) is 4.88 Å². The van der Waals surface area contributed by atoms with Crippen LogP contribution in [-0.2, 0) is 11.2 Å². The van der Waals surface area contributed by atoms with Gasteiger partial charge in [0.25, 0.3) is 0 Å². The van der Waals surface area contributed by atoms with Crippen LogP contribution in [0.1, 0.15) is 22.9 Å². The van der Waals surface area contributed by atoms with Crippen LogP contribution in [0.5, 0.6) is 17.2 Å². The molecule has 2 aromatic rings. The molecule has 25 heavy (non-hydrogen) atoms. The molecule has 1 N–H and O–H groups in total. The number of ether oxygens (including phenoxy) is 3. The highest BCUT2D eigenvalue weighted by Gasteiger charge is 2.23. The summed E-state index contributed by atoms with van der Waals surface area (Å²) < 4.78 is 16.3. The number of carbonyl (C=O) groups is 1. The number of carbonyl (C=O) groups excluding carboxylic acids is 1. The summed E-state index contributed by atoms with van der Waals surface area (Å²) in [6.45, 7) is 2.16. The lowest BCUT2D eigenvalue weighted by atomic mass is 10.0. The first-order valence-electron chi connectivity index (χ1n) is 7.89. The Morgan fingerprint density at radius 3 is 2.36 bits per heavy atom. The number of hydrogen-bond donors (Lipinski definition) is 1. The fraction of sp³-hybridized carbons (Fsp3) is 0.333. The van der Waals surface area contributed by atoms with Crippen molar-refractivity contribution in [2.75, 3.05) is 33.2 Å². The zero-order valence-corrected chi connectivity index (χ0v) is 15.5. The number of anilines is 1. The lowest BCUT2D eigenvalue weighted by Gasteiger charge is -2.15. The van der Waals surface area contributed by atoms with E-state index in [0.29, 0.717) is 17.2 Å². The summed E-state index contributed by atoms with van der Waals surface area (Å²) in [6, 6.07) is 5.78. The van der Waals surface area contributed by atoms with Gasteiger partial charge in [0.15, 0.2) is 11.5 Å². The average Bonchev–Trinajstić information content (AvgIpc) is 2.96. The number of nitrogens with one attached hydrogen (secondary N) is 1. The number of fused-ring (bicyclic) bond motifs is 1. The summed E-state index contributed by atoms with van der Waals surface area (Å²) in [6.07, 6.45) is 0.899. The van der Waals surface area contributed by atoms with Gasteiger partial charge in [0, 0.05) is 16.0 Å². The zero-order chi connectivity index (χ0) is 18.0. The van der Waals surface area contributed by atoms with Gasteiger partial charge in [-0.25, -0.2) is 0 Å². The summed E-state index contributed by atoms with van der Waals surface area (Å²) in [5.41, 5.74) is 2.47. The Kier molecular flexibility index (Phi) is 4.94. The molecule has 0 unspecified atom stereocenters. The predicted molar refractivity (Wildman–Crippen MR) is 98.9 cm³/mol. The Balaban J connectivity index is 2.18. The molecule has 6 nitrogen and oxygen atoms in total. The normalized spacial score (nSPS) is 13.4. The molecule has 1 amide bonds. The standard InChI is InChI=1S/C18H20N2O4S/c1-5-11-8-12-16(19-9-15(21)20-18(12)25-11)10-6-13(22-2)17(24-4)14(7-10)23-3/h6-8H,5,9H2,1-4H3,(H,20,21). The molecule has 0 saturated heterocycles. The SMILES string of the molecule is CCc1cc2c(s1)NC(=O)CN=C2c1cc(OC)c(OC)c(OC)c1. The monoisotopic (exact) mass is 360 g/mol. The van der Waals surface area contributed by atoms with Crippen molar-refractivity contribution in [2.24, 2.45) is 4.99 Å². The lowest BCUT2D eigenvalue weighted by molar-refractivity contribution is -0.114. The summed E-state index contributed by atoms with van der Waals surface area (Å²) in [7, 11) is 4.72. The number of aliphatic imine (C=N–C) groups is 1. The molecule has 2 heterocycles. The molecular weight excluding hydrogens is 340 g/mol. The molecule has 7 heteroatoms. The fourth-order valence-corrected chi connectivity index (χ4v) is 3.77. The van der Waals surface area contributed by atoms with Crippen molar-refractivity contribution in [3.63, 3.8) is 0 Å². The number of methoxy groups -OCH3 is 3. The van der Waals surface area contributed by atoms with E-state index in [9.17, 15) is 4.79 Å². The Morgan fingerprint density at radius 2 is 1.80 bits per heavy atom. The van der Waals surface area contributed by atoms with E-state index in [0.717, 1.165) is 28.3 Å². The summed E-state index contributed by atoms with van der Waals surface area (Å²) in [5.74, 6) is 1.51. The van der Waals surface area contributed by atoms with Crippen molar-refractivity contribution in [2.45, 2.75) is 13.3 Å². The molecule has 0 radical (unpaired) electrons. The van der Waals surface area contributed by atoms with E-state index in [1.54, 1.807) is 32.7 Å². The minimum atomic E-state index is -0.117. The van der Waals surface area contributed by atoms with Crippen molar-refractivity contribution < 1.29 is 19.0 Å². The van der Waals surface area contributed by atoms with Crippen molar-refractivity contribution in [1.29, 1.82) is 0 Å². The number of thiophene rings is 1. The predicted octanol–water partition coefficient (Wildman–Crippen LogP) is 3.13. The largest absolute Gasteiger partial charge is 0.493 e. The van der Waals surface area contributed by atoms with Gasteiger partial charge in [0.1, 0.15) is 11.5 Å². The maximum absolute atomic E-state index is 12.0. The van der Waals surface area contributed by atoms with Gasteiger partial charge in [-0.1, -0.05) is 6.92 Å². The molecule has 0 atom stereocenters. The first kappa shape index (κ1) is 17.3. The molecule has 0 spiro atoms. The highest BCUT2D eigenvalue weighted by Crippen LogP contribution is 2.40. The summed E-state index contributed by atoms with van der Waals surface area (Å²) >= 11 is 1.58. The highest BCUT2D eigenvalue weighted by atomic mass is 32.1. The molecule has 3 rings (SSSR count). The summed E-state index contributed by atoms with van der Waals surface area (Å²) in [4.78, 5) is 17.7. The van der Waals surface area contributed by atoms with E-state index in [1.807, 2.05) is 12.1 Å². The van der Waals surface area contributed by atoms with Gasteiger partial charge in [0.2, 0.25) is 11.7 Å². The van der Waals surface area contributed by atoms with Crippen molar-refractivity contribution >= 4 is 28.0 Å². The summed E-state index contributed by atoms with van der Waals surface area (Å²) in [5, 5.41) is 3.76. The minimum absolute atomic E-state index is 0.0782. The smallest absolute Gasteiger partial charge is 0.246 e. The first-order chi connectivity index (χ1) is 12.1. The number of amides is 1. The fourth-order valence-electron chi connectivity index (χ4n) is 2.75. The first-order valence-corrected chi connectivity index (χ1v) is 8.70. The molecule has 0 saturated carbocycles. The molecule has 1 aliphatic heterocycles. The van der Waals surface area contributed by atoms with Gasteiger partial charge in [-0.15, -0.1) is 11.3 Å². The van der Waals surface area contributed by atoms with Crippen LogP contribution in [0.3, 0.4) is 0 Å². The van der Waals surface area contributed by atoms with Gasteiger partial charge >= 0.3 is 0 Å². The number of rotatable bonds is 5. The van der Waals surface area contributed by atoms with Crippen LogP contribution < -0.4 is 19.5 Å². The molecular formula is C18H20N2O4S. The molecule has 1 aromatic carbocycles. The quantitative estimate of drug-likeness (QED) is 0.889.